The van der Waals surface area contributed by atoms with Gasteiger partial charge in [0.15, 0.2) is 0 Å². The molecule has 0 saturated heterocycles. The Morgan fingerprint density at radius 3 is 2.72 bits per heavy atom. The maximum atomic E-state index is 13.5. The lowest BCUT2D eigenvalue weighted by atomic mass is 10.1. The first-order valence-corrected chi connectivity index (χ1v) is 6.67. The van der Waals surface area contributed by atoms with Crippen molar-refractivity contribution in [1.82, 2.24) is 5.32 Å². The highest BCUT2D eigenvalue weighted by Crippen LogP contribution is 2.28. The molecular formula is C14H15BrFNO. The van der Waals surface area contributed by atoms with Gasteiger partial charge in [-0.1, -0.05) is 6.92 Å². The predicted octanol–water partition coefficient (Wildman–Crippen LogP) is 4.52. The summed E-state index contributed by atoms with van der Waals surface area (Å²) in [6.45, 7) is 2.09. The Hall–Kier alpha value is -1.13. The molecule has 0 bridgehead atoms. The van der Waals surface area contributed by atoms with Gasteiger partial charge in [0.25, 0.3) is 0 Å². The highest BCUT2D eigenvalue weighted by atomic mass is 79.9. The van der Waals surface area contributed by atoms with Crippen LogP contribution >= 0.6 is 15.9 Å². The molecule has 1 atom stereocenters. The van der Waals surface area contributed by atoms with Gasteiger partial charge in [0, 0.05) is 5.56 Å². The van der Waals surface area contributed by atoms with E-state index >= 15 is 0 Å². The van der Waals surface area contributed by atoms with Crippen molar-refractivity contribution in [3.05, 3.63) is 46.4 Å². The molecular weight excluding hydrogens is 297 g/mol. The van der Waals surface area contributed by atoms with Crippen molar-refractivity contribution in [2.24, 2.45) is 0 Å². The number of rotatable bonds is 4. The Labute approximate surface area is 114 Å². The third-order valence-electron chi connectivity index (χ3n) is 2.93. The Morgan fingerprint density at radius 1 is 1.33 bits per heavy atom. The third kappa shape index (κ3) is 2.65. The first-order chi connectivity index (χ1) is 8.65. The Balaban J connectivity index is 2.31. The van der Waals surface area contributed by atoms with Gasteiger partial charge in [-0.05, 0) is 59.7 Å². The Bertz CT molecular complexity index is 534. The van der Waals surface area contributed by atoms with E-state index in [1.54, 1.807) is 6.07 Å². The summed E-state index contributed by atoms with van der Waals surface area (Å²) in [5.41, 5.74) is 0.743. The van der Waals surface area contributed by atoms with Crippen LogP contribution in [0.2, 0.25) is 0 Å². The van der Waals surface area contributed by atoms with Crippen LogP contribution in [0.4, 0.5) is 4.39 Å². The summed E-state index contributed by atoms with van der Waals surface area (Å²) < 4.78 is 19.7. The predicted molar refractivity (Wildman–Crippen MR) is 73.9 cm³/mol. The number of hydrogen-bond donors (Lipinski definition) is 1. The van der Waals surface area contributed by atoms with E-state index in [-0.39, 0.29) is 11.9 Å². The lowest BCUT2D eigenvalue weighted by molar-refractivity contribution is 0.431. The smallest absolute Gasteiger partial charge is 0.138 e. The van der Waals surface area contributed by atoms with Gasteiger partial charge in [-0.2, -0.15) is 0 Å². The van der Waals surface area contributed by atoms with Crippen LogP contribution in [-0.2, 0) is 0 Å². The molecule has 96 valence electrons. The molecule has 2 rings (SSSR count). The van der Waals surface area contributed by atoms with Crippen molar-refractivity contribution in [3.63, 3.8) is 0 Å². The lowest BCUT2D eigenvalue weighted by Crippen LogP contribution is -2.14. The van der Waals surface area contributed by atoms with E-state index in [4.69, 9.17) is 4.42 Å². The maximum absolute atomic E-state index is 13.5. The van der Waals surface area contributed by atoms with Crippen LogP contribution in [-0.4, -0.2) is 7.05 Å². The van der Waals surface area contributed by atoms with Gasteiger partial charge in [0.05, 0.1) is 10.5 Å². The van der Waals surface area contributed by atoms with Gasteiger partial charge in [-0.3, -0.25) is 0 Å². The number of nitrogens with one attached hydrogen (secondary N) is 1. The van der Waals surface area contributed by atoms with Crippen molar-refractivity contribution < 1.29 is 8.81 Å². The molecule has 0 amide bonds. The summed E-state index contributed by atoms with van der Waals surface area (Å²) in [6.07, 6.45) is 0.943. The molecule has 18 heavy (non-hydrogen) atoms. The number of hydrogen-bond acceptors (Lipinski definition) is 2. The largest absolute Gasteiger partial charge is 0.459 e. The van der Waals surface area contributed by atoms with E-state index in [9.17, 15) is 4.39 Å². The maximum Gasteiger partial charge on any atom is 0.138 e. The fourth-order valence-electron chi connectivity index (χ4n) is 1.89. The second-order valence-electron chi connectivity index (χ2n) is 4.08. The van der Waals surface area contributed by atoms with Gasteiger partial charge in [-0.15, -0.1) is 0 Å². The van der Waals surface area contributed by atoms with E-state index in [1.165, 1.54) is 6.07 Å². The minimum atomic E-state index is -0.286. The zero-order valence-corrected chi connectivity index (χ0v) is 11.9. The molecule has 0 spiro atoms. The van der Waals surface area contributed by atoms with Crippen LogP contribution in [0.25, 0.3) is 11.3 Å². The molecule has 1 heterocycles. The number of halogens is 2. The monoisotopic (exact) mass is 311 g/mol. The molecule has 1 aromatic heterocycles. The molecule has 2 nitrogen and oxygen atoms in total. The van der Waals surface area contributed by atoms with E-state index < -0.39 is 0 Å². The number of furan rings is 1. The van der Waals surface area contributed by atoms with Gasteiger partial charge in [-0.25, -0.2) is 4.39 Å². The van der Waals surface area contributed by atoms with Crippen LogP contribution < -0.4 is 5.32 Å². The molecule has 2 aromatic rings. The minimum Gasteiger partial charge on any atom is -0.459 e. The lowest BCUT2D eigenvalue weighted by Gasteiger charge is -2.09. The zero-order chi connectivity index (χ0) is 13.1. The van der Waals surface area contributed by atoms with E-state index in [0.29, 0.717) is 10.2 Å². The average Bonchev–Trinajstić information content (AvgIpc) is 2.84. The van der Waals surface area contributed by atoms with Crippen molar-refractivity contribution in [1.29, 1.82) is 0 Å². The van der Waals surface area contributed by atoms with Crippen LogP contribution in [0.1, 0.15) is 25.1 Å². The summed E-state index contributed by atoms with van der Waals surface area (Å²) in [7, 11) is 1.90. The quantitative estimate of drug-likeness (QED) is 0.898. The van der Waals surface area contributed by atoms with Crippen molar-refractivity contribution in [2.45, 2.75) is 19.4 Å². The molecule has 0 radical (unpaired) electrons. The SMILES string of the molecule is CCC(NC)c1ccc(-c2ccc(Br)c(F)c2)o1. The fraction of sp³-hybridized carbons (Fsp3) is 0.286. The van der Waals surface area contributed by atoms with Gasteiger partial charge >= 0.3 is 0 Å². The van der Waals surface area contributed by atoms with Crippen LogP contribution in [0.5, 0.6) is 0 Å². The van der Waals surface area contributed by atoms with E-state index in [0.717, 1.165) is 17.7 Å². The normalized spacial score (nSPS) is 12.7. The molecule has 1 aromatic carbocycles. The molecule has 1 N–H and O–H groups in total. The minimum absolute atomic E-state index is 0.194. The van der Waals surface area contributed by atoms with Crippen molar-refractivity contribution in [3.8, 4) is 11.3 Å². The summed E-state index contributed by atoms with van der Waals surface area (Å²) >= 11 is 3.14. The summed E-state index contributed by atoms with van der Waals surface area (Å²) in [4.78, 5) is 0. The molecule has 0 aliphatic heterocycles. The van der Waals surface area contributed by atoms with Gasteiger partial charge in [0.1, 0.15) is 17.3 Å². The van der Waals surface area contributed by atoms with Gasteiger partial charge in [0.2, 0.25) is 0 Å². The standard InChI is InChI=1S/C14H15BrFNO/c1-3-12(17-2)14-7-6-13(18-14)9-4-5-10(15)11(16)8-9/h4-8,12,17H,3H2,1-2H3. The molecule has 0 fully saturated rings. The Morgan fingerprint density at radius 2 is 2.11 bits per heavy atom. The van der Waals surface area contributed by atoms with Crippen LogP contribution in [0.15, 0.2) is 39.2 Å². The molecule has 0 aliphatic carbocycles. The van der Waals surface area contributed by atoms with Crippen LogP contribution in [0.3, 0.4) is 0 Å². The summed E-state index contributed by atoms with van der Waals surface area (Å²) in [5.74, 6) is 1.27. The van der Waals surface area contributed by atoms with E-state index in [1.807, 2.05) is 25.2 Å². The second-order valence-corrected chi connectivity index (χ2v) is 4.93. The molecule has 1 unspecified atom stereocenters. The highest BCUT2D eigenvalue weighted by Gasteiger charge is 2.13. The fourth-order valence-corrected chi connectivity index (χ4v) is 2.14. The number of benzene rings is 1. The molecule has 4 heteroatoms. The van der Waals surface area contributed by atoms with E-state index in [2.05, 4.69) is 28.2 Å². The zero-order valence-electron chi connectivity index (χ0n) is 10.3. The Kier molecular flexibility index (Phi) is 4.19. The van der Waals surface area contributed by atoms with Gasteiger partial charge < -0.3 is 9.73 Å². The highest BCUT2D eigenvalue weighted by molar-refractivity contribution is 9.10. The molecule has 0 aliphatic rings. The third-order valence-corrected chi connectivity index (χ3v) is 3.57. The average molecular weight is 312 g/mol. The van der Waals surface area contributed by atoms with Crippen molar-refractivity contribution >= 4 is 15.9 Å². The topological polar surface area (TPSA) is 25.2 Å². The second kappa shape index (κ2) is 5.67. The van der Waals surface area contributed by atoms with Crippen LogP contribution in [0, 0.1) is 5.82 Å². The first-order valence-electron chi connectivity index (χ1n) is 5.88. The summed E-state index contributed by atoms with van der Waals surface area (Å²) in [5, 5.41) is 3.18. The summed E-state index contributed by atoms with van der Waals surface area (Å²) in [6, 6.07) is 8.97. The molecule has 0 saturated carbocycles. The first kappa shape index (κ1) is 13.3. The van der Waals surface area contributed by atoms with Crippen molar-refractivity contribution in [2.75, 3.05) is 7.05 Å².